The summed E-state index contributed by atoms with van der Waals surface area (Å²) in [7, 11) is 3.16. The number of aromatic hydroxyl groups is 1. The number of ether oxygens (including phenoxy) is 5. The predicted molar refractivity (Wildman–Crippen MR) is 95.2 cm³/mol. The zero-order valence-electron chi connectivity index (χ0n) is 15.2. The average Bonchev–Trinajstić information content (AvgIpc) is 3.10. The monoisotopic (exact) mass is 371 g/mol. The second kappa shape index (κ2) is 6.30. The molecule has 0 amide bonds. The predicted octanol–water partition coefficient (Wildman–Crippen LogP) is 2.73. The first-order valence-electron chi connectivity index (χ1n) is 8.95. The summed E-state index contributed by atoms with van der Waals surface area (Å²) >= 11 is 0. The van der Waals surface area contributed by atoms with Crippen LogP contribution < -0.4 is 19.5 Å². The third-order valence-corrected chi connectivity index (χ3v) is 5.47. The number of rotatable bonds is 2. The van der Waals surface area contributed by atoms with Gasteiger partial charge in [-0.2, -0.15) is 0 Å². The Balaban J connectivity index is 1.66. The van der Waals surface area contributed by atoms with Crippen molar-refractivity contribution < 1.29 is 28.8 Å². The largest absolute Gasteiger partial charge is 0.504 e. The van der Waals surface area contributed by atoms with Gasteiger partial charge in [0.05, 0.1) is 18.7 Å². The van der Waals surface area contributed by atoms with E-state index >= 15 is 0 Å². The Morgan fingerprint density at radius 1 is 1.15 bits per heavy atom. The van der Waals surface area contributed by atoms with E-state index in [4.69, 9.17) is 23.7 Å². The highest BCUT2D eigenvalue weighted by atomic mass is 16.7. The van der Waals surface area contributed by atoms with E-state index < -0.39 is 6.29 Å². The summed E-state index contributed by atoms with van der Waals surface area (Å²) in [5.41, 5.74) is 3.95. The number of phenolic OH excluding ortho intramolecular Hbond substituents is 1. The summed E-state index contributed by atoms with van der Waals surface area (Å²) in [6.45, 7) is 0.969. The number of hydrogen-bond acceptors (Lipinski definition) is 7. The van der Waals surface area contributed by atoms with Crippen LogP contribution in [0.4, 0.5) is 0 Å². The maximum Gasteiger partial charge on any atom is 0.231 e. The molecule has 7 heteroatoms. The quantitative estimate of drug-likeness (QED) is 0.840. The van der Waals surface area contributed by atoms with Gasteiger partial charge in [-0.05, 0) is 47.9 Å². The molecular weight excluding hydrogens is 350 g/mol. The van der Waals surface area contributed by atoms with E-state index in [9.17, 15) is 5.11 Å². The van der Waals surface area contributed by atoms with Gasteiger partial charge in [0, 0.05) is 7.11 Å². The van der Waals surface area contributed by atoms with Crippen molar-refractivity contribution in [2.75, 3.05) is 27.6 Å². The Labute approximate surface area is 156 Å². The summed E-state index contributed by atoms with van der Waals surface area (Å²) in [5.74, 6) is 1.96. The molecule has 27 heavy (non-hydrogen) atoms. The summed E-state index contributed by atoms with van der Waals surface area (Å²) in [5, 5.41) is 13.9. The van der Waals surface area contributed by atoms with Crippen LogP contribution in [0, 0.1) is 0 Å². The zero-order valence-corrected chi connectivity index (χ0v) is 15.2. The van der Waals surface area contributed by atoms with Crippen LogP contribution in [0.25, 0.3) is 0 Å². The van der Waals surface area contributed by atoms with Crippen LogP contribution >= 0.6 is 0 Å². The maximum absolute atomic E-state index is 10.3. The van der Waals surface area contributed by atoms with E-state index in [2.05, 4.69) is 5.32 Å². The SMILES string of the molecule is COc1cc2c(cc1O)[C@H]1O[C@H](OC)c3c(ccc4c3OCO4)[C@H]1NCC2. The van der Waals surface area contributed by atoms with E-state index in [-0.39, 0.29) is 24.7 Å². The molecule has 0 aromatic heterocycles. The van der Waals surface area contributed by atoms with Gasteiger partial charge in [-0.15, -0.1) is 0 Å². The zero-order chi connectivity index (χ0) is 18.5. The van der Waals surface area contributed by atoms with Crippen LogP contribution in [0.5, 0.6) is 23.0 Å². The third-order valence-electron chi connectivity index (χ3n) is 5.47. The van der Waals surface area contributed by atoms with E-state index in [1.54, 1.807) is 20.3 Å². The third kappa shape index (κ3) is 2.46. The van der Waals surface area contributed by atoms with Crippen molar-refractivity contribution in [3.63, 3.8) is 0 Å². The number of benzene rings is 2. The minimum Gasteiger partial charge on any atom is -0.504 e. The molecule has 142 valence electrons. The first-order valence-corrected chi connectivity index (χ1v) is 8.95. The average molecular weight is 371 g/mol. The number of nitrogens with one attached hydrogen (secondary N) is 1. The van der Waals surface area contributed by atoms with Crippen LogP contribution in [0.1, 0.15) is 40.7 Å². The molecule has 0 unspecified atom stereocenters. The van der Waals surface area contributed by atoms with Gasteiger partial charge >= 0.3 is 0 Å². The fourth-order valence-corrected chi connectivity index (χ4v) is 4.24. The van der Waals surface area contributed by atoms with Crippen molar-refractivity contribution in [2.45, 2.75) is 24.9 Å². The fourth-order valence-electron chi connectivity index (χ4n) is 4.24. The van der Waals surface area contributed by atoms with Gasteiger partial charge in [0.2, 0.25) is 6.79 Å². The van der Waals surface area contributed by atoms with Gasteiger partial charge in [-0.25, -0.2) is 0 Å². The van der Waals surface area contributed by atoms with Gasteiger partial charge in [0.15, 0.2) is 29.3 Å². The first-order chi connectivity index (χ1) is 13.2. The van der Waals surface area contributed by atoms with Crippen LogP contribution in [-0.2, 0) is 15.9 Å². The van der Waals surface area contributed by atoms with Crippen molar-refractivity contribution in [3.8, 4) is 23.0 Å². The molecule has 3 aliphatic rings. The Bertz CT molecular complexity index is 899. The highest BCUT2D eigenvalue weighted by molar-refractivity contribution is 5.56. The summed E-state index contributed by atoms with van der Waals surface area (Å²) in [6, 6.07) is 7.50. The summed E-state index contributed by atoms with van der Waals surface area (Å²) in [6.07, 6.45) is -0.0909. The molecule has 2 aromatic carbocycles. The molecular formula is C20H21NO6. The minimum atomic E-state index is -0.588. The normalized spacial score (nSPS) is 25.2. The Kier molecular flexibility index (Phi) is 3.89. The van der Waals surface area contributed by atoms with E-state index in [0.29, 0.717) is 17.2 Å². The molecule has 3 heterocycles. The lowest BCUT2D eigenvalue weighted by atomic mass is 9.87. The molecule has 5 rings (SSSR count). The second-order valence-corrected chi connectivity index (χ2v) is 6.83. The lowest BCUT2D eigenvalue weighted by Crippen LogP contribution is -2.34. The number of phenols is 1. The smallest absolute Gasteiger partial charge is 0.231 e. The van der Waals surface area contributed by atoms with Crippen LogP contribution in [0.15, 0.2) is 24.3 Å². The highest BCUT2D eigenvalue weighted by Gasteiger charge is 2.42. The molecule has 0 saturated carbocycles. The van der Waals surface area contributed by atoms with Crippen molar-refractivity contribution in [2.24, 2.45) is 0 Å². The summed E-state index contributed by atoms with van der Waals surface area (Å²) in [4.78, 5) is 0. The first kappa shape index (κ1) is 16.7. The van der Waals surface area contributed by atoms with Crippen LogP contribution in [0.3, 0.4) is 0 Å². The van der Waals surface area contributed by atoms with Gasteiger partial charge in [0.25, 0.3) is 0 Å². The van der Waals surface area contributed by atoms with Crippen LogP contribution in [0.2, 0.25) is 0 Å². The van der Waals surface area contributed by atoms with Crippen molar-refractivity contribution in [1.29, 1.82) is 0 Å². The van der Waals surface area contributed by atoms with E-state index in [1.165, 1.54) is 0 Å². The van der Waals surface area contributed by atoms with Gasteiger partial charge in [-0.1, -0.05) is 6.07 Å². The Hall–Kier alpha value is -2.48. The molecule has 0 saturated heterocycles. The molecule has 2 aromatic rings. The highest BCUT2D eigenvalue weighted by Crippen LogP contribution is 2.53. The molecule has 7 nitrogen and oxygen atoms in total. The van der Waals surface area contributed by atoms with E-state index in [1.807, 2.05) is 18.2 Å². The van der Waals surface area contributed by atoms with Crippen molar-refractivity contribution >= 4 is 0 Å². The minimum absolute atomic E-state index is 0.0880. The molecule has 0 spiro atoms. The number of methoxy groups -OCH3 is 2. The van der Waals surface area contributed by atoms with Gasteiger partial charge in [0.1, 0.15) is 6.10 Å². The molecule has 2 N–H and O–H groups in total. The molecule has 0 radical (unpaired) electrons. The molecule has 0 aliphatic carbocycles. The number of hydrogen-bond donors (Lipinski definition) is 2. The fraction of sp³-hybridized carbons (Fsp3) is 0.400. The van der Waals surface area contributed by atoms with Crippen molar-refractivity contribution in [1.82, 2.24) is 5.32 Å². The van der Waals surface area contributed by atoms with E-state index in [0.717, 1.165) is 35.2 Å². The molecule has 0 fully saturated rings. The lowest BCUT2D eigenvalue weighted by molar-refractivity contribution is -0.181. The van der Waals surface area contributed by atoms with Gasteiger partial charge in [-0.3, -0.25) is 0 Å². The summed E-state index contributed by atoms with van der Waals surface area (Å²) < 4.78 is 28.5. The molecule has 3 aliphatic heterocycles. The second-order valence-electron chi connectivity index (χ2n) is 6.83. The topological polar surface area (TPSA) is 78.4 Å². The number of fused-ring (bicyclic) bond motifs is 7. The standard InChI is InChI=1S/C20H21NO6/c1-23-15-7-10-5-6-21-17-11-3-4-14-19(26-9-25-14)16(11)20(24-2)27-18(17)12(10)8-13(15)22/h3-4,7-8,17-18,20-22H,5-6,9H2,1-2H3/t17-,18-,20+/m1/s1. The Morgan fingerprint density at radius 2 is 2.04 bits per heavy atom. The van der Waals surface area contributed by atoms with Crippen molar-refractivity contribution in [3.05, 3.63) is 46.5 Å². The Morgan fingerprint density at radius 3 is 2.85 bits per heavy atom. The lowest BCUT2D eigenvalue weighted by Gasteiger charge is -2.38. The van der Waals surface area contributed by atoms with Gasteiger partial charge < -0.3 is 34.1 Å². The molecule has 3 atom stereocenters. The maximum atomic E-state index is 10.3. The van der Waals surface area contributed by atoms with Crippen LogP contribution in [-0.4, -0.2) is 32.7 Å². The molecule has 0 bridgehead atoms.